The van der Waals surface area contributed by atoms with Gasteiger partial charge in [0.15, 0.2) is 0 Å². The fourth-order valence-corrected chi connectivity index (χ4v) is 3.85. The summed E-state index contributed by atoms with van der Waals surface area (Å²) in [6.07, 6.45) is 3.73. The summed E-state index contributed by atoms with van der Waals surface area (Å²) in [6, 6.07) is 8.84. The number of piperidine rings is 1. The van der Waals surface area contributed by atoms with Crippen LogP contribution >= 0.6 is 0 Å². The molecule has 7 nitrogen and oxygen atoms in total. The second-order valence-electron chi connectivity index (χ2n) is 9.31. The van der Waals surface area contributed by atoms with Crippen molar-refractivity contribution in [3.63, 3.8) is 0 Å². The molecule has 1 N–H and O–H groups in total. The SMILES string of the molecule is COc1ccc(C(CC2CCN(C(=O)OC(C)(C)C)CC2)NC(=O)c2ccc(F)cc2)cn1. The molecule has 1 unspecified atom stereocenters. The van der Waals surface area contributed by atoms with Crippen LogP contribution in [0.2, 0.25) is 0 Å². The number of aromatic nitrogens is 1. The molecule has 1 saturated heterocycles. The van der Waals surface area contributed by atoms with Crippen molar-refractivity contribution in [2.75, 3.05) is 20.2 Å². The largest absolute Gasteiger partial charge is 0.481 e. The number of carbonyl (C=O) groups excluding carboxylic acids is 2. The standard InChI is InChI=1S/C25H32FN3O4/c1-25(2,3)33-24(31)29-13-11-17(12-14-29)15-21(19-7-10-22(32-4)27-16-19)28-23(30)18-5-8-20(26)9-6-18/h5-10,16-17,21H,11-15H2,1-4H3,(H,28,30). The van der Waals surface area contributed by atoms with Gasteiger partial charge in [-0.25, -0.2) is 14.2 Å². The van der Waals surface area contributed by atoms with Gasteiger partial charge in [-0.15, -0.1) is 0 Å². The van der Waals surface area contributed by atoms with E-state index in [0.717, 1.165) is 18.4 Å². The van der Waals surface area contributed by atoms with Crippen molar-refractivity contribution in [2.45, 2.75) is 51.7 Å². The van der Waals surface area contributed by atoms with Gasteiger partial charge in [-0.2, -0.15) is 0 Å². The average molecular weight is 458 g/mol. The highest BCUT2D eigenvalue weighted by atomic mass is 19.1. The van der Waals surface area contributed by atoms with Gasteiger partial charge in [-0.1, -0.05) is 6.07 Å². The number of carbonyl (C=O) groups is 2. The van der Waals surface area contributed by atoms with Crippen LogP contribution in [0.1, 0.15) is 62.0 Å². The van der Waals surface area contributed by atoms with Gasteiger partial charge < -0.3 is 19.7 Å². The third-order valence-electron chi connectivity index (χ3n) is 5.62. The molecular weight excluding hydrogens is 425 g/mol. The van der Waals surface area contributed by atoms with E-state index in [9.17, 15) is 14.0 Å². The zero-order valence-corrected chi connectivity index (χ0v) is 19.6. The van der Waals surface area contributed by atoms with Crippen LogP contribution in [0.5, 0.6) is 5.88 Å². The fraction of sp³-hybridized carbons (Fsp3) is 0.480. The normalized spacial score (nSPS) is 15.6. The number of ether oxygens (including phenoxy) is 2. The molecule has 2 aromatic rings. The Balaban J connectivity index is 1.67. The molecule has 1 aromatic carbocycles. The lowest BCUT2D eigenvalue weighted by molar-refractivity contribution is 0.0178. The molecule has 0 saturated carbocycles. The molecule has 3 rings (SSSR count). The number of rotatable bonds is 6. The van der Waals surface area contributed by atoms with E-state index in [2.05, 4.69) is 10.3 Å². The summed E-state index contributed by atoms with van der Waals surface area (Å²) >= 11 is 0. The third kappa shape index (κ3) is 7.17. The predicted octanol–water partition coefficient (Wildman–Crippen LogP) is 4.74. The Morgan fingerprint density at radius 1 is 1.15 bits per heavy atom. The molecule has 1 aliphatic heterocycles. The minimum Gasteiger partial charge on any atom is -0.481 e. The molecule has 2 heterocycles. The predicted molar refractivity (Wildman–Crippen MR) is 123 cm³/mol. The van der Waals surface area contributed by atoms with Crippen molar-refractivity contribution in [1.82, 2.24) is 15.2 Å². The Labute approximate surface area is 194 Å². The molecule has 1 aliphatic rings. The Bertz CT molecular complexity index is 934. The van der Waals surface area contributed by atoms with Gasteiger partial charge in [0.1, 0.15) is 11.4 Å². The van der Waals surface area contributed by atoms with Crippen molar-refractivity contribution in [2.24, 2.45) is 5.92 Å². The van der Waals surface area contributed by atoms with Gasteiger partial charge in [-0.3, -0.25) is 4.79 Å². The first-order valence-electron chi connectivity index (χ1n) is 11.2. The summed E-state index contributed by atoms with van der Waals surface area (Å²) < 4.78 is 23.9. The van der Waals surface area contributed by atoms with Crippen LogP contribution in [0.15, 0.2) is 42.6 Å². The summed E-state index contributed by atoms with van der Waals surface area (Å²) in [5.74, 6) is 0.138. The third-order valence-corrected chi connectivity index (χ3v) is 5.62. The summed E-state index contributed by atoms with van der Waals surface area (Å²) in [5, 5.41) is 3.07. The van der Waals surface area contributed by atoms with Crippen LogP contribution in [0.25, 0.3) is 0 Å². The highest BCUT2D eigenvalue weighted by molar-refractivity contribution is 5.94. The maximum atomic E-state index is 13.2. The van der Waals surface area contributed by atoms with Gasteiger partial charge >= 0.3 is 6.09 Å². The number of likely N-dealkylation sites (tertiary alicyclic amines) is 1. The van der Waals surface area contributed by atoms with Crippen LogP contribution in [-0.2, 0) is 4.74 Å². The Hall–Kier alpha value is -3.16. The van der Waals surface area contributed by atoms with Crippen LogP contribution < -0.4 is 10.1 Å². The molecule has 178 valence electrons. The van der Waals surface area contributed by atoms with E-state index < -0.39 is 5.60 Å². The molecule has 0 aliphatic carbocycles. The molecule has 8 heteroatoms. The fourth-order valence-electron chi connectivity index (χ4n) is 3.85. The van der Waals surface area contributed by atoms with Gasteiger partial charge in [0, 0.05) is 30.9 Å². The zero-order valence-electron chi connectivity index (χ0n) is 19.6. The maximum Gasteiger partial charge on any atom is 0.410 e. The topological polar surface area (TPSA) is 80.8 Å². The van der Waals surface area contributed by atoms with Crippen molar-refractivity contribution in [3.8, 4) is 5.88 Å². The van der Waals surface area contributed by atoms with E-state index in [1.165, 1.54) is 24.3 Å². The number of hydrogen-bond acceptors (Lipinski definition) is 5. The zero-order chi connectivity index (χ0) is 24.0. The van der Waals surface area contributed by atoms with Crippen LogP contribution in [0.4, 0.5) is 9.18 Å². The average Bonchev–Trinajstić information content (AvgIpc) is 2.78. The Morgan fingerprint density at radius 3 is 2.36 bits per heavy atom. The maximum absolute atomic E-state index is 13.2. The number of nitrogens with zero attached hydrogens (tertiary/aromatic N) is 2. The quantitative estimate of drug-likeness (QED) is 0.678. The molecule has 0 bridgehead atoms. The highest BCUT2D eigenvalue weighted by Gasteiger charge is 2.29. The van der Waals surface area contributed by atoms with Gasteiger partial charge in [-0.05, 0) is 75.8 Å². The van der Waals surface area contributed by atoms with Crippen molar-refractivity contribution >= 4 is 12.0 Å². The summed E-state index contributed by atoms with van der Waals surface area (Å²) in [5.41, 5.74) is 0.730. The summed E-state index contributed by atoms with van der Waals surface area (Å²) in [7, 11) is 1.55. The first-order valence-corrected chi connectivity index (χ1v) is 11.2. The lowest BCUT2D eigenvalue weighted by Crippen LogP contribution is -2.42. The lowest BCUT2D eigenvalue weighted by Gasteiger charge is -2.35. The first-order chi connectivity index (χ1) is 15.6. The number of pyridine rings is 1. The molecule has 33 heavy (non-hydrogen) atoms. The van der Waals surface area contributed by atoms with E-state index in [1.54, 1.807) is 24.3 Å². The summed E-state index contributed by atoms with van der Waals surface area (Å²) in [4.78, 5) is 31.2. The molecule has 1 aromatic heterocycles. The van der Waals surface area contributed by atoms with Crippen molar-refractivity contribution < 1.29 is 23.5 Å². The molecule has 1 fully saturated rings. The molecule has 1 atom stereocenters. The van der Waals surface area contributed by atoms with Crippen molar-refractivity contribution in [3.05, 3.63) is 59.5 Å². The smallest absolute Gasteiger partial charge is 0.410 e. The van der Waals surface area contributed by atoms with Crippen LogP contribution in [0.3, 0.4) is 0 Å². The van der Waals surface area contributed by atoms with Crippen LogP contribution in [-0.4, -0.2) is 47.7 Å². The highest BCUT2D eigenvalue weighted by Crippen LogP contribution is 2.30. The minimum absolute atomic E-state index is 0.276. The molecule has 0 spiro atoms. The lowest BCUT2D eigenvalue weighted by atomic mass is 9.88. The van der Waals surface area contributed by atoms with E-state index in [1.807, 2.05) is 26.8 Å². The van der Waals surface area contributed by atoms with Gasteiger partial charge in [0.2, 0.25) is 5.88 Å². The van der Waals surface area contributed by atoms with E-state index in [0.29, 0.717) is 36.9 Å². The van der Waals surface area contributed by atoms with E-state index in [-0.39, 0.29) is 23.9 Å². The van der Waals surface area contributed by atoms with Crippen LogP contribution in [0, 0.1) is 11.7 Å². The first kappa shape index (κ1) is 24.5. The monoisotopic (exact) mass is 457 g/mol. The molecule has 0 radical (unpaired) electrons. The van der Waals surface area contributed by atoms with E-state index in [4.69, 9.17) is 9.47 Å². The minimum atomic E-state index is -0.523. The number of benzene rings is 1. The second kappa shape index (κ2) is 10.6. The number of halogens is 1. The molecule has 2 amide bonds. The molecular formula is C25H32FN3O4. The second-order valence-corrected chi connectivity index (χ2v) is 9.31. The van der Waals surface area contributed by atoms with Crippen molar-refractivity contribution in [1.29, 1.82) is 0 Å². The van der Waals surface area contributed by atoms with E-state index >= 15 is 0 Å². The Morgan fingerprint density at radius 2 is 1.82 bits per heavy atom. The number of methoxy groups -OCH3 is 1. The van der Waals surface area contributed by atoms with Gasteiger partial charge in [0.25, 0.3) is 5.91 Å². The summed E-state index contributed by atoms with van der Waals surface area (Å²) in [6.45, 7) is 6.79. The number of amides is 2. The number of nitrogens with one attached hydrogen (secondary N) is 1. The number of hydrogen-bond donors (Lipinski definition) is 1. The van der Waals surface area contributed by atoms with Gasteiger partial charge in [0.05, 0.1) is 13.2 Å². The Kier molecular flexibility index (Phi) is 7.89.